The molecule has 0 atom stereocenters. The van der Waals surface area contributed by atoms with Crippen LogP contribution < -0.4 is 16.4 Å². The monoisotopic (exact) mass is 445 g/mol. The summed E-state index contributed by atoms with van der Waals surface area (Å²) in [6, 6.07) is 14.8. The Morgan fingerprint density at radius 2 is 1.75 bits per heavy atom. The van der Waals surface area contributed by atoms with Crippen LogP contribution in [0.15, 0.2) is 60.1 Å². The summed E-state index contributed by atoms with van der Waals surface area (Å²) >= 11 is 1.47. The molecule has 4 rings (SSSR count). The molecule has 162 valence electrons. The summed E-state index contributed by atoms with van der Waals surface area (Å²) in [5.41, 5.74) is 11.0. The number of nitrogens with two attached hydrogens (primary N) is 1. The number of anilines is 3. The summed E-state index contributed by atoms with van der Waals surface area (Å²) in [7, 11) is 3.42. The molecule has 0 aliphatic carbocycles. The fourth-order valence-electron chi connectivity index (χ4n) is 3.42. The quantitative estimate of drug-likeness (QED) is 0.402. The lowest BCUT2D eigenvalue weighted by Gasteiger charge is -2.12. The molecular weight excluding hydrogens is 422 g/mol. The van der Waals surface area contributed by atoms with E-state index in [2.05, 4.69) is 15.6 Å². The number of rotatable bonds is 4. The number of fused-ring (bicyclic) bond motifs is 1. The van der Waals surface area contributed by atoms with E-state index in [0.717, 1.165) is 32.5 Å². The zero-order valence-electron chi connectivity index (χ0n) is 18.0. The summed E-state index contributed by atoms with van der Waals surface area (Å²) in [6.07, 6.45) is 1.53. The first kappa shape index (κ1) is 21.3. The normalized spacial score (nSPS) is 10.7. The van der Waals surface area contributed by atoms with Crippen LogP contribution in [0.1, 0.15) is 15.9 Å². The molecule has 2 aromatic carbocycles. The van der Waals surface area contributed by atoms with Crippen molar-refractivity contribution in [1.82, 2.24) is 9.88 Å². The highest BCUT2D eigenvalue weighted by Crippen LogP contribution is 2.39. The number of nitrogens with one attached hydrogen (secondary N) is 2. The van der Waals surface area contributed by atoms with Gasteiger partial charge in [-0.25, -0.2) is 9.78 Å². The number of amides is 3. The highest BCUT2D eigenvalue weighted by Gasteiger charge is 2.19. The standard InChI is InChI=1S/C24H23N5O2S/c1-14-5-4-6-17(11-14)28-24(31)27-16-9-7-15(8-10-16)19-13-32-21-18(23(30)29(2)3)12-26-22(25)20(19)21/h4-13H,1-3H3,(H2,25,26)(H2,27,28,31). The van der Waals surface area contributed by atoms with Crippen molar-refractivity contribution in [1.29, 1.82) is 0 Å². The van der Waals surface area contributed by atoms with Crippen LogP contribution >= 0.6 is 11.3 Å². The van der Waals surface area contributed by atoms with Crippen molar-refractivity contribution in [3.8, 4) is 11.1 Å². The number of benzene rings is 2. The van der Waals surface area contributed by atoms with Gasteiger partial charge in [0.05, 0.1) is 10.3 Å². The van der Waals surface area contributed by atoms with Crippen molar-refractivity contribution in [3.05, 3.63) is 71.2 Å². The predicted molar refractivity (Wildman–Crippen MR) is 131 cm³/mol. The average Bonchev–Trinajstić information content (AvgIpc) is 3.20. The minimum Gasteiger partial charge on any atom is -0.383 e. The molecule has 0 saturated carbocycles. The molecule has 2 aromatic heterocycles. The van der Waals surface area contributed by atoms with E-state index in [-0.39, 0.29) is 11.9 Å². The van der Waals surface area contributed by atoms with Gasteiger partial charge in [-0.3, -0.25) is 4.79 Å². The third kappa shape index (κ3) is 4.26. The second kappa shape index (κ2) is 8.68. The second-order valence-electron chi connectivity index (χ2n) is 7.64. The van der Waals surface area contributed by atoms with Gasteiger partial charge in [0.25, 0.3) is 5.91 Å². The number of nitrogens with zero attached hydrogens (tertiary/aromatic N) is 2. The number of carbonyl (C=O) groups excluding carboxylic acids is 2. The largest absolute Gasteiger partial charge is 0.383 e. The first-order valence-corrected chi connectivity index (χ1v) is 10.8. The third-order valence-corrected chi connectivity index (χ3v) is 6.00. The van der Waals surface area contributed by atoms with Crippen molar-refractivity contribution in [3.63, 3.8) is 0 Å². The minimum absolute atomic E-state index is 0.116. The fraction of sp³-hybridized carbons (Fsp3) is 0.125. The SMILES string of the molecule is Cc1cccc(NC(=O)Nc2ccc(-c3csc4c(C(=O)N(C)C)cnc(N)c34)cc2)c1. The van der Waals surface area contributed by atoms with E-state index in [9.17, 15) is 9.59 Å². The summed E-state index contributed by atoms with van der Waals surface area (Å²) in [4.78, 5) is 30.6. The van der Waals surface area contributed by atoms with Crippen molar-refractivity contribution in [2.75, 3.05) is 30.5 Å². The Bertz CT molecular complexity index is 1310. The van der Waals surface area contributed by atoms with Gasteiger partial charge in [0.2, 0.25) is 0 Å². The van der Waals surface area contributed by atoms with Crippen LogP contribution in [0, 0.1) is 6.92 Å². The molecule has 32 heavy (non-hydrogen) atoms. The van der Waals surface area contributed by atoms with Crippen LogP contribution in [0.5, 0.6) is 0 Å². The average molecular weight is 446 g/mol. The van der Waals surface area contributed by atoms with Gasteiger partial charge in [-0.05, 0) is 47.7 Å². The first-order chi connectivity index (χ1) is 15.3. The second-order valence-corrected chi connectivity index (χ2v) is 8.52. The summed E-state index contributed by atoms with van der Waals surface area (Å²) < 4.78 is 0.811. The molecule has 0 bridgehead atoms. The van der Waals surface area contributed by atoms with E-state index >= 15 is 0 Å². The maximum atomic E-state index is 12.5. The number of urea groups is 1. The van der Waals surface area contributed by atoms with E-state index in [1.54, 1.807) is 14.1 Å². The smallest absolute Gasteiger partial charge is 0.323 e. The Morgan fingerprint density at radius 3 is 2.44 bits per heavy atom. The lowest BCUT2D eigenvalue weighted by molar-refractivity contribution is 0.0829. The zero-order valence-corrected chi connectivity index (χ0v) is 18.8. The van der Waals surface area contributed by atoms with Gasteiger partial charge in [-0.1, -0.05) is 24.3 Å². The molecule has 8 heteroatoms. The van der Waals surface area contributed by atoms with Crippen molar-refractivity contribution in [2.45, 2.75) is 6.92 Å². The molecule has 4 N–H and O–H groups in total. The molecule has 0 aliphatic rings. The van der Waals surface area contributed by atoms with Gasteiger partial charge >= 0.3 is 6.03 Å². The maximum absolute atomic E-state index is 12.5. The minimum atomic E-state index is -0.315. The molecule has 0 spiro atoms. The molecular formula is C24H23N5O2S. The number of carbonyl (C=O) groups is 2. The van der Waals surface area contributed by atoms with Gasteiger partial charge in [0, 0.05) is 42.6 Å². The van der Waals surface area contributed by atoms with Gasteiger partial charge in [-0.2, -0.15) is 0 Å². The molecule has 0 saturated heterocycles. The summed E-state index contributed by atoms with van der Waals surface area (Å²) in [5, 5.41) is 8.39. The molecule has 3 amide bonds. The summed E-state index contributed by atoms with van der Waals surface area (Å²) in [6.45, 7) is 1.97. The number of thiophene rings is 1. The van der Waals surface area contributed by atoms with Crippen LogP contribution in [-0.2, 0) is 0 Å². The third-order valence-electron chi connectivity index (χ3n) is 4.99. The van der Waals surface area contributed by atoms with Crippen molar-refractivity contribution >= 4 is 50.6 Å². The van der Waals surface area contributed by atoms with Crippen molar-refractivity contribution < 1.29 is 9.59 Å². The number of nitrogen functional groups attached to an aromatic ring is 1. The number of aromatic nitrogens is 1. The number of pyridine rings is 1. The first-order valence-electron chi connectivity index (χ1n) is 9.96. The zero-order chi connectivity index (χ0) is 22.8. The molecule has 2 heterocycles. The Balaban J connectivity index is 1.57. The van der Waals surface area contributed by atoms with Gasteiger partial charge in [-0.15, -0.1) is 11.3 Å². The maximum Gasteiger partial charge on any atom is 0.323 e. The summed E-state index contributed by atoms with van der Waals surface area (Å²) in [5.74, 6) is 0.265. The fourth-order valence-corrected chi connectivity index (χ4v) is 4.51. The highest BCUT2D eigenvalue weighted by atomic mass is 32.1. The Morgan fingerprint density at radius 1 is 1.03 bits per heavy atom. The topological polar surface area (TPSA) is 100 Å². The van der Waals surface area contributed by atoms with Crippen LogP contribution in [0.3, 0.4) is 0 Å². The number of hydrogen-bond donors (Lipinski definition) is 3. The van der Waals surface area contributed by atoms with Crippen LogP contribution in [0.25, 0.3) is 21.2 Å². The van der Waals surface area contributed by atoms with E-state index in [1.165, 1.54) is 22.4 Å². The molecule has 7 nitrogen and oxygen atoms in total. The van der Waals surface area contributed by atoms with Gasteiger partial charge < -0.3 is 21.3 Å². The molecule has 0 fully saturated rings. The molecule has 0 aliphatic heterocycles. The Kier molecular flexibility index (Phi) is 5.79. The predicted octanol–water partition coefficient (Wildman–Crippen LogP) is 5.20. The number of hydrogen-bond acceptors (Lipinski definition) is 5. The van der Waals surface area contributed by atoms with Gasteiger partial charge in [0.15, 0.2) is 0 Å². The van der Waals surface area contributed by atoms with E-state index < -0.39 is 0 Å². The van der Waals surface area contributed by atoms with Crippen LogP contribution in [0.4, 0.5) is 22.0 Å². The Labute approximate surface area is 189 Å². The lowest BCUT2D eigenvalue weighted by atomic mass is 10.0. The van der Waals surface area contributed by atoms with Crippen LogP contribution in [-0.4, -0.2) is 35.9 Å². The van der Waals surface area contributed by atoms with Crippen LogP contribution in [0.2, 0.25) is 0 Å². The van der Waals surface area contributed by atoms with E-state index in [4.69, 9.17) is 5.73 Å². The molecule has 0 unspecified atom stereocenters. The highest BCUT2D eigenvalue weighted by molar-refractivity contribution is 7.18. The lowest BCUT2D eigenvalue weighted by Crippen LogP contribution is -2.22. The number of aryl methyl sites for hydroxylation is 1. The molecule has 0 radical (unpaired) electrons. The molecule has 4 aromatic rings. The van der Waals surface area contributed by atoms with Gasteiger partial charge in [0.1, 0.15) is 5.82 Å². The van der Waals surface area contributed by atoms with E-state index in [1.807, 2.05) is 60.8 Å². The van der Waals surface area contributed by atoms with E-state index in [0.29, 0.717) is 17.1 Å². The van der Waals surface area contributed by atoms with Crippen molar-refractivity contribution in [2.24, 2.45) is 0 Å². The Hall–Kier alpha value is -3.91.